The Balaban J connectivity index is 2.96. The summed E-state index contributed by atoms with van der Waals surface area (Å²) in [5, 5.41) is 7.61. The highest BCUT2D eigenvalue weighted by molar-refractivity contribution is 5.88. The van der Waals surface area contributed by atoms with Gasteiger partial charge in [0.2, 0.25) is 0 Å². The van der Waals surface area contributed by atoms with Gasteiger partial charge in [-0.05, 0) is 20.8 Å². The maximum absolute atomic E-state index is 11.4. The van der Waals surface area contributed by atoms with E-state index in [1.165, 1.54) is 4.68 Å². The van der Waals surface area contributed by atoms with E-state index in [1.807, 2.05) is 6.92 Å². The fourth-order valence-electron chi connectivity index (χ4n) is 1.07. The van der Waals surface area contributed by atoms with E-state index in [-0.39, 0.29) is 5.97 Å². The average Bonchev–Trinajstić information content (AvgIpc) is 2.47. The molecule has 5 heteroatoms. The molecule has 0 bridgehead atoms. The number of aryl methyl sites for hydroxylation is 2. The Morgan fingerprint density at radius 1 is 1.54 bits per heavy atom. The number of ether oxygens (including phenoxy) is 1. The summed E-state index contributed by atoms with van der Waals surface area (Å²) in [6.45, 7) is 6.40. The van der Waals surface area contributed by atoms with Crippen molar-refractivity contribution < 1.29 is 9.53 Å². The molecule has 0 atom stereocenters. The number of rotatable bonds is 3. The van der Waals surface area contributed by atoms with Gasteiger partial charge in [0.05, 0.1) is 12.3 Å². The molecule has 0 fully saturated rings. The molecule has 13 heavy (non-hydrogen) atoms. The summed E-state index contributed by atoms with van der Waals surface area (Å²) in [7, 11) is 0. The van der Waals surface area contributed by atoms with E-state index >= 15 is 0 Å². The lowest BCUT2D eigenvalue weighted by Gasteiger charge is -2.03. The number of hydrogen-bond donors (Lipinski definition) is 0. The van der Waals surface area contributed by atoms with Gasteiger partial charge in [-0.15, -0.1) is 5.10 Å². The Bertz CT molecular complexity index is 306. The molecule has 0 aliphatic carbocycles. The second-order valence-electron chi connectivity index (χ2n) is 2.56. The molecule has 0 amide bonds. The Morgan fingerprint density at radius 2 is 2.23 bits per heavy atom. The van der Waals surface area contributed by atoms with Gasteiger partial charge >= 0.3 is 5.97 Å². The lowest BCUT2D eigenvalue weighted by molar-refractivity contribution is 0.0511. The molecule has 0 aliphatic rings. The van der Waals surface area contributed by atoms with Crippen LogP contribution >= 0.6 is 0 Å². The molecule has 72 valence electrons. The predicted octanol–water partition coefficient (Wildman–Crippen LogP) is 0.783. The standard InChI is InChI=1S/C8H13N3O2/c1-4-11-7(6(3)9-10-11)8(12)13-5-2/h4-5H2,1-3H3. The minimum atomic E-state index is -0.355. The molecule has 0 radical (unpaired) electrons. The Kier molecular flexibility index (Phi) is 3.00. The van der Waals surface area contributed by atoms with E-state index < -0.39 is 0 Å². The molecular formula is C8H13N3O2. The summed E-state index contributed by atoms with van der Waals surface area (Å²) < 4.78 is 6.40. The van der Waals surface area contributed by atoms with Gasteiger partial charge in [-0.3, -0.25) is 0 Å². The maximum Gasteiger partial charge on any atom is 0.358 e. The molecule has 1 aromatic rings. The number of esters is 1. The predicted molar refractivity (Wildman–Crippen MR) is 46.4 cm³/mol. The number of aromatic nitrogens is 3. The topological polar surface area (TPSA) is 57.0 Å². The molecule has 0 aliphatic heterocycles. The molecule has 5 nitrogen and oxygen atoms in total. The fraction of sp³-hybridized carbons (Fsp3) is 0.625. The molecule has 1 rings (SSSR count). The Labute approximate surface area is 76.7 Å². The summed E-state index contributed by atoms with van der Waals surface area (Å²) in [5.41, 5.74) is 1.06. The summed E-state index contributed by atoms with van der Waals surface area (Å²) in [6.07, 6.45) is 0. The highest BCUT2D eigenvalue weighted by Crippen LogP contribution is 2.05. The van der Waals surface area contributed by atoms with E-state index in [4.69, 9.17) is 4.74 Å². The van der Waals surface area contributed by atoms with Gasteiger partial charge in [-0.25, -0.2) is 9.48 Å². The molecule has 0 N–H and O–H groups in total. The van der Waals surface area contributed by atoms with Crippen molar-refractivity contribution in [3.63, 3.8) is 0 Å². The number of carbonyl (C=O) groups excluding carboxylic acids is 1. The van der Waals surface area contributed by atoms with Crippen LogP contribution in [0.4, 0.5) is 0 Å². The van der Waals surface area contributed by atoms with Crippen LogP contribution < -0.4 is 0 Å². The third-order valence-electron chi connectivity index (χ3n) is 1.67. The van der Waals surface area contributed by atoms with Crippen molar-refractivity contribution in [2.45, 2.75) is 27.3 Å². The van der Waals surface area contributed by atoms with Gasteiger partial charge in [0.15, 0.2) is 5.69 Å². The van der Waals surface area contributed by atoms with E-state index in [2.05, 4.69) is 10.3 Å². The zero-order chi connectivity index (χ0) is 9.84. The summed E-state index contributed by atoms with van der Waals surface area (Å²) in [6, 6.07) is 0. The molecule has 1 aromatic heterocycles. The van der Waals surface area contributed by atoms with Crippen LogP contribution in [0.1, 0.15) is 30.0 Å². The van der Waals surface area contributed by atoms with Crippen molar-refractivity contribution in [2.75, 3.05) is 6.61 Å². The molecule has 1 heterocycles. The zero-order valence-corrected chi connectivity index (χ0v) is 8.07. The largest absolute Gasteiger partial charge is 0.461 e. The van der Waals surface area contributed by atoms with Crippen LogP contribution in [0.2, 0.25) is 0 Å². The van der Waals surface area contributed by atoms with Gasteiger partial charge < -0.3 is 4.74 Å². The molecule has 0 saturated heterocycles. The van der Waals surface area contributed by atoms with Crippen molar-refractivity contribution >= 4 is 5.97 Å². The highest BCUT2D eigenvalue weighted by atomic mass is 16.5. The van der Waals surface area contributed by atoms with Crippen LogP contribution in [0.25, 0.3) is 0 Å². The Morgan fingerprint density at radius 3 is 2.77 bits per heavy atom. The highest BCUT2D eigenvalue weighted by Gasteiger charge is 2.17. The van der Waals surface area contributed by atoms with Crippen LogP contribution in [-0.2, 0) is 11.3 Å². The van der Waals surface area contributed by atoms with Crippen LogP contribution in [-0.4, -0.2) is 27.6 Å². The smallest absolute Gasteiger partial charge is 0.358 e. The maximum atomic E-state index is 11.4. The average molecular weight is 183 g/mol. The van der Waals surface area contributed by atoms with E-state index in [9.17, 15) is 4.79 Å². The second kappa shape index (κ2) is 4.02. The molecule has 0 saturated carbocycles. The first-order valence-corrected chi connectivity index (χ1v) is 4.27. The lowest BCUT2D eigenvalue weighted by Crippen LogP contribution is -2.13. The van der Waals surface area contributed by atoms with Gasteiger partial charge in [0.1, 0.15) is 0 Å². The monoisotopic (exact) mass is 183 g/mol. The quantitative estimate of drug-likeness (QED) is 0.650. The molecular weight excluding hydrogens is 170 g/mol. The van der Waals surface area contributed by atoms with Crippen molar-refractivity contribution in [1.29, 1.82) is 0 Å². The van der Waals surface area contributed by atoms with Crippen molar-refractivity contribution in [3.8, 4) is 0 Å². The first-order valence-electron chi connectivity index (χ1n) is 4.27. The zero-order valence-electron chi connectivity index (χ0n) is 8.07. The van der Waals surface area contributed by atoms with Crippen molar-refractivity contribution in [1.82, 2.24) is 15.0 Å². The SMILES string of the molecule is CCOC(=O)c1c(C)nnn1CC. The van der Waals surface area contributed by atoms with E-state index in [0.29, 0.717) is 24.5 Å². The van der Waals surface area contributed by atoms with Crippen molar-refractivity contribution in [2.24, 2.45) is 0 Å². The van der Waals surface area contributed by atoms with Crippen LogP contribution in [0, 0.1) is 6.92 Å². The van der Waals surface area contributed by atoms with Crippen LogP contribution in [0.5, 0.6) is 0 Å². The third-order valence-corrected chi connectivity index (χ3v) is 1.67. The lowest BCUT2D eigenvalue weighted by atomic mass is 10.3. The van der Waals surface area contributed by atoms with Gasteiger partial charge in [0.25, 0.3) is 0 Å². The second-order valence-corrected chi connectivity index (χ2v) is 2.56. The van der Waals surface area contributed by atoms with Crippen LogP contribution in [0.3, 0.4) is 0 Å². The van der Waals surface area contributed by atoms with Gasteiger partial charge in [-0.2, -0.15) is 0 Å². The fourth-order valence-corrected chi connectivity index (χ4v) is 1.07. The first kappa shape index (κ1) is 9.70. The minimum Gasteiger partial charge on any atom is -0.461 e. The Hall–Kier alpha value is -1.39. The summed E-state index contributed by atoms with van der Waals surface area (Å²) in [5.74, 6) is -0.355. The molecule has 0 unspecified atom stereocenters. The van der Waals surface area contributed by atoms with E-state index in [1.54, 1.807) is 13.8 Å². The number of nitrogens with zero attached hydrogens (tertiary/aromatic N) is 3. The molecule has 0 spiro atoms. The third kappa shape index (κ3) is 1.85. The van der Waals surface area contributed by atoms with Crippen LogP contribution in [0.15, 0.2) is 0 Å². The summed E-state index contributed by atoms with van der Waals surface area (Å²) in [4.78, 5) is 11.4. The number of carbonyl (C=O) groups is 1. The number of hydrogen-bond acceptors (Lipinski definition) is 4. The van der Waals surface area contributed by atoms with Gasteiger partial charge in [0, 0.05) is 6.54 Å². The van der Waals surface area contributed by atoms with E-state index in [0.717, 1.165) is 0 Å². The molecule has 0 aromatic carbocycles. The normalized spacial score (nSPS) is 10.1. The minimum absolute atomic E-state index is 0.355. The first-order chi connectivity index (χ1) is 6.20. The van der Waals surface area contributed by atoms with Crippen molar-refractivity contribution in [3.05, 3.63) is 11.4 Å². The summed E-state index contributed by atoms with van der Waals surface area (Å²) >= 11 is 0. The van der Waals surface area contributed by atoms with Gasteiger partial charge in [-0.1, -0.05) is 5.21 Å².